The van der Waals surface area contributed by atoms with Crippen LogP contribution in [-0.2, 0) is 0 Å². The lowest BCUT2D eigenvalue weighted by atomic mass is 9.88. The highest BCUT2D eigenvalue weighted by molar-refractivity contribution is 5.77. The third-order valence-corrected chi connectivity index (χ3v) is 6.01. The maximum Gasteiger partial charge on any atom is 0.0991 e. The number of nitrogens with one attached hydrogen (secondary N) is 1. The summed E-state index contributed by atoms with van der Waals surface area (Å²) in [4.78, 5) is 0. The van der Waals surface area contributed by atoms with Gasteiger partial charge in [-0.1, -0.05) is 78.9 Å². The second-order valence-corrected chi connectivity index (χ2v) is 8.22. The molecule has 1 atom stereocenters. The molecule has 0 aromatic heterocycles. The van der Waals surface area contributed by atoms with Crippen LogP contribution in [0.5, 0.6) is 0 Å². The number of hydrogen-bond donors (Lipinski definition) is 1. The van der Waals surface area contributed by atoms with Crippen LogP contribution >= 0.6 is 0 Å². The molecule has 1 aliphatic carbocycles. The maximum atomic E-state index is 9.26. The molecule has 1 N–H and O–H groups in total. The van der Waals surface area contributed by atoms with Crippen molar-refractivity contribution in [1.82, 2.24) is 0 Å². The quantitative estimate of drug-likeness (QED) is 0.350. The zero-order valence-corrected chi connectivity index (χ0v) is 18.3. The van der Waals surface area contributed by atoms with Crippen molar-refractivity contribution in [3.05, 3.63) is 132 Å². The topological polar surface area (TPSA) is 35.8 Å². The van der Waals surface area contributed by atoms with Gasteiger partial charge in [-0.25, -0.2) is 0 Å². The molecule has 0 radical (unpaired) electrons. The summed E-state index contributed by atoms with van der Waals surface area (Å²) < 4.78 is 0. The van der Waals surface area contributed by atoms with E-state index in [2.05, 4.69) is 96.4 Å². The number of nitrogens with zero attached hydrogens (tertiary/aromatic N) is 1. The van der Waals surface area contributed by atoms with E-state index in [9.17, 15) is 5.26 Å². The first-order valence-corrected chi connectivity index (χ1v) is 11.2. The highest BCUT2D eigenvalue weighted by atomic mass is 14.9. The molecule has 0 fully saturated rings. The molecule has 5 rings (SSSR count). The molecular weight excluding hydrogens is 400 g/mol. The van der Waals surface area contributed by atoms with Gasteiger partial charge in [-0.2, -0.15) is 5.26 Å². The predicted octanol–water partition coefficient (Wildman–Crippen LogP) is 8.24. The number of para-hydroxylation sites is 1. The molecule has 0 heterocycles. The van der Waals surface area contributed by atoms with Gasteiger partial charge in [0.25, 0.3) is 0 Å². The summed E-state index contributed by atoms with van der Waals surface area (Å²) in [5.41, 5.74) is 8.69. The van der Waals surface area contributed by atoms with Gasteiger partial charge in [0.05, 0.1) is 11.6 Å². The van der Waals surface area contributed by atoms with Crippen LogP contribution in [0.25, 0.3) is 22.3 Å². The summed E-state index contributed by atoms with van der Waals surface area (Å²) >= 11 is 0. The van der Waals surface area contributed by atoms with Crippen molar-refractivity contribution in [1.29, 1.82) is 5.26 Å². The molecule has 1 aliphatic rings. The van der Waals surface area contributed by atoms with E-state index in [1.807, 2.05) is 36.4 Å². The average Bonchev–Trinajstić information content (AvgIpc) is 2.90. The van der Waals surface area contributed by atoms with Crippen LogP contribution in [0.4, 0.5) is 11.4 Å². The number of nitriles is 1. The van der Waals surface area contributed by atoms with Crippen molar-refractivity contribution in [2.24, 2.45) is 0 Å². The molecule has 0 aliphatic heterocycles. The smallest absolute Gasteiger partial charge is 0.0991 e. The summed E-state index contributed by atoms with van der Waals surface area (Å²) in [5.74, 6) is 0.330. The van der Waals surface area contributed by atoms with Crippen molar-refractivity contribution in [2.45, 2.75) is 12.3 Å². The Morgan fingerprint density at radius 1 is 0.697 bits per heavy atom. The van der Waals surface area contributed by atoms with Crippen molar-refractivity contribution >= 4 is 11.4 Å². The van der Waals surface area contributed by atoms with Crippen LogP contribution in [0.2, 0.25) is 0 Å². The van der Waals surface area contributed by atoms with Gasteiger partial charge < -0.3 is 5.32 Å². The summed E-state index contributed by atoms with van der Waals surface area (Å²) in [6.45, 7) is 0. The Bertz CT molecular complexity index is 1370. The number of rotatable bonds is 5. The largest absolute Gasteiger partial charge is 0.355 e. The van der Waals surface area contributed by atoms with Crippen LogP contribution in [0.1, 0.15) is 23.5 Å². The lowest BCUT2D eigenvalue weighted by molar-refractivity contribution is 0.856. The first kappa shape index (κ1) is 20.5. The average molecular weight is 425 g/mol. The van der Waals surface area contributed by atoms with Crippen molar-refractivity contribution in [2.75, 3.05) is 5.32 Å². The SMILES string of the molecule is N#Cc1cccc(-c2cccc(-c3ccc(Nc4ccccc4)c(C4C=CC=CC4)c3)c2)c1. The second kappa shape index (κ2) is 9.42. The van der Waals surface area contributed by atoms with Crippen molar-refractivity contribution < 1.29 is 0 Å². The van der Waals surface area contributed by atoms with Crippen LogP contribution in [-0.4, -0.2) is 0 Å². The maximum absolute atomic E-state index is 9.26. The lowest BCUT2D eigenvalue weighted by Gasteiger charge is -2.20. The Labute approximate surface area is 195 Å². The molecule has 0 saturated heterocycles. The van der Waals surface area contributed by atoms with E-state index in [-0.39, 0.29) is 0 Å². The monoisotopic (exact) mass is 424 g/mol. The molecule has 1 unspecified atom stereocenters. The predicted molar refractivity (Wildman–Crippen MR) is 137 cm³/mol. The van der Waals surface area contributed by atoms with Gasteiger partial charge in [-0.3, -0.25) is 0 Å². The molecule has 0 saturated carbocycles. The van der Waals surface area contributed by atoms with Gasteiger partial charge in [-0.05, 0) is 76.7 Å². The van der Waals surface area contributed by atoms with E-state index < -0.39 is 0 Å². The number of hydrogen-bond acceptors (Lipinski definition) is 2. The van der Waals surface area contributed by atoms with E-state index in [0.717, 1.165) is 34.5 Å². The minimum atomic E-state index is 0.330. The van der Waals surface area contributed by atoms with Gasteiger partial charge in [0, 0.05) is 17.3 Å². The Morgan fingerprint density at radius 2 is 1.42 bits per heavy atom. The third kappa shape index (κ3) is 4.63. The van der Waals surface area contributed by atoms with Crippen LogP contribution in [0.3, 0.4) is 0 Å². The summed E-state index contributed by atoms with van der Waals surface area (Å²) in [6, 6.07) is 35.5. The van der Waals surface area contributed by atoms with Crippen LogP contribution in [0.15, 0.2) is 121 Å². The number of anilines is 2. The molecule has 158 valence electrons. The van der Waals surface area contributed by atoms with Gasteiger partial charge in [0.2, 0.25) is 0 Å². The molecule has 2 heteroatoms. The Balaban J connectivity index is 1.54. The second-order valence-electron chi connectivity index (χ2n) is 8.22. The normalized spacial score (nSPS) is 14.6. The minimum absolute atomic E-state index is 0.330. The lowest BCUT2D eigenvalue weighted by Crippen LogP contribution is -2.02. The molecule has 4 aromatic carbocycles. The third-order valence-electron chi connectivity index (χ3n) is 6.01. The van der Waals surface area contributed by atoms with Gasteiger partial charge in [0.1, 0.15) is 0 Å². The highest BCUT2D eigenvalue weighted by Gasteiger charge is 2.15. The van der Waals surface area contributed by atoms with Gasteiger partial charge >= 0.3 is 0 Å². The number of benzene rings is 4. The van der Waals surface area contributed by atoms with Gasteiger partial charge in [0.15, 0.2) is 0 Å². The molecule has 33 heavy (non-hydrogen) atoms. The van der Waals surface area contributed by atoms with E-state index in [1.165, 1.54) is 11.1 Å². The molecule has 0 bridgehead atoms. The summed E-state index contributed by atoms with van der Waals surface area (Å²) in [7, 11) is 0. The molecule has 0 amide bonds. The standard InChI is InChI=1S/C31H24N2/c32-22-23-9-7-12-25(19-23)26-13-8-14-27(20-26)28-17-18-31(33-29-15-5-2-6-16-29)30(21-28)24-10-3-1-4-11-24/h1-10,12-21,24,33H,11H2. The zero-order chi connectivity index (χ0) is 22.5. The fourth-order valence-corrected chi connectivity index (χ4v) is 4.30. The van der Waals surface area contributed by atoms with E-state index in [4.69, 9.17) is 0 Å². The van der Waals surface area contributed by atoms with E-state index in [0.29, 0.717) is 11.5 Å². The fourth-order valence-electron chi connectivity index (χ4n) is 4.30. The first-order valence-electron chi connectivity index (χ1n) is 11.2. The highest BCUT2D eigenvalue weighted by Crippen LogP contribution is 2.36. The van der Waals surface area contributed by atoms with E-state index >= 15 is 0 Å². The zero-order valence-electron chi connectivity index (χ0n) is 18.3. The fraction of sp³-hybridized carbons (Fsp3) is 0.0645. The van der Waals surface area contributed by atoms with E-state index in [1.54, 1.807) is 0 Å². The van der Waals surface area contributed by atoms with Crippen molar-refractivity contribution in [3.8, 4) is 28.3 Å². The first-order chi connectivity index (χ1) is 16.3. The molecule has 0 spiro atoms. The Morgan fingerprint density at radius 3 is 2.15 bits per heavy atom. The molecule has 2 nitrogen and oxygen atoms in total. The van der Waals surface area contributed by atoms with Crippen molar-refractivity contribution in [3.63, 3.8) is 0 Å². The van der Waals surface area contributed by atoms with Gasteiger partial charge in [-0.15, -0.1) is 0 Å². The molecular formula is C31H24N2. The minimum Gasteiger partial charge on any atom is -0.355 e. The van der Waals surface area contributed by atoms with Crippen LogP contribution < -0.4 is 5.32 Å². The summed E-state index contributed by atoms with van der Waals surface area (Å²) in [5, 5.41) is 12.9. The number of allylic oxidation sites excluding steroid dienone is 4. The van der Waals surface area contributed by atoms with Crippen LogP contribution in [0, 0.1) is 11.3 Å². The Hall–Kier alpha value is -4.35. The molecule has 4 aromatic rings. The summed E-state index contributed by atoms with van der Waals surface area (Å²) in [6.07, 6.45) is 9.75. The Kier molecular flexibility index (Phi) is 5.87.